The second-order valence-corrected chi connectivity index (χ2v) is 7.05. The van der Waals surface area contributed by atoms with Crippen LogP contribution in [-0.2, 0) is 4.79 Å². The van der Waals surface area contributed by atoms with E-state index in [9.17, 15) is 18.8 Å². The number of halogens is 2. The molecule has 9 heteroatoms. The number of likely N-dealkylation sites (N-methyl/N-ethyl adjacent to an activating group) is 1. The normalized spacial score (nSPS) is 10.5. The molecule has 1 heterocycles. The number of rotatable bonds is 5. The van der Waals surface area contributed by atoms with Crippen LogP contribution in [-0.4, -0.2) is 47.1 Å². The first-order chi connectivity index (χ1) is 14.3. The van der Waals surface area contributed by atoms with E-state index in [1.54, 1.807) is 38.4 Å². The Hall–Kier alpha value is -3.52. The van der Waals surface area contributed by atoms with Crippen LogP contribution in [0.4, 0.5) is 4.39 Å². The summed E-state index contributed by atoms with van der Waals surface area (Å²) >= 11 is 5.93. The average molecular weight is 429 g/mol. The zero-order valence-corrected chi connectivity index (χ0v) is 17.0. The lowest BCUT2D eigenvalue weighted by Crippen LogP contribution is -2.39. The second-order valence-electron chi connectivity index (χ2n) is 6.62. The standard InChI is InChI=1S/C21H18ClFN4O3/c1-26(2)19(28)12-24-20(29)17-11-18(13-6-8-14(22)9-7-13)25-27(21(17)30)16-5-3-4-15(23)10-16/h3-11H,12H2,1-2H3,(H,24,29). The Morgan fingerprint density at radius 3 is 2.47 bits per heavy atom. The van der Waals surface area contributed by atoms with Gasteiger partial charge in [0.1, 0.15) is 11.4 Å². The maximum atomic E-state index is 13.7. The Labute approximate surface area is 176 Å². The van der Waals surface area contributed by atoms with Gasteiger partial charge < -0.3 is 10.2 Å². The molecular formula is C21H18ClFN4O3. The summed E-state index contributed by atoms with van der Waals surface area (Å²) in [5, 5.41) is 7.23. The van der Waals surface area contributed by atoms with Crippen molar-refractivity contribution in [3.05, 3.63) is 81.4 Å². The van der Waals surface area contributed by atoms with Crippen LogP contribution in [0.25, 0.3) is 16.9 Å². The largest absolute Gasteiger partial charge is 0.347 e. The van der Waals surface area contributed by atoms with Gasteiger partial charge in [0.15, 0.2) is 0 Å². The molecule has 2 amide bonds. The second kappa shape index (κ2) is 8.87. The fourth-order valence-corrected chi connectivity index (χ4v) is 2.74. The van der Waals surface area contributed by atoms with E-state index in [1.807, 2.05) is 0 Å². The summed E-state index contributed by atoms with van der Waals surface area (Å²) in [7, 11) is 3.10. The van der Waals surface area contributed by atoms with Crippen LogP contribution in [0.2, 0.25) is 5.02 Å². The van der Waals surface area contributed by atoms with E-state index in [-0.39, 0.29) is 23.7 Å². The van der Waals surface area contributed by atoms with Crippen LogP contribution < -0.4 is 10.9 Å². The maximum Gasteiger partial charge on any atom is 0.284 e. The van der Waals surface area contributed by atoms with Gasteiger partial charge in [-0.15, -0.1) is 0 Å². The summed E-state index contributed by atoms with van der Waals surface area (Å²) in [5.74, 6) is -1.63. The van der Waals surface area contributed by atoms with Gasteiger partial charge in [-0.3, -0.25) is 14.4 Å². The molecule has 0 aliphatic carbocycles. The van der Waals surface area contributed by atoms with Crippen LogP contribution in [0, 0.1) is 5.82 Å². The van der Waals surface area contributed by atoms with Gasteiger partial charge in [-0.2, -0.15) is 9.78 Å². The van der Waals surface area contributed by atoms with Crippen LogP contribution in [0.1, 0.15) is 10.4 Å². The maximum absolute atomic E-state index is 13.7. The number of amides is 2. The van der Waals surface area contributed by atoms with Crippen LogP contribution in [0.3, 0.4) is 0 Å². The molecule has 1 N–H and O–H groups in total. The first-order valence-corrected chi connectivity index (χ1v) is 9.28. The Bertz CT molecular complexity index is 1160. The Kier molecular flexibility index (Phi) is 6.27. The minimum Gasteiger partial charge on any atom is -0.347 e. The van der Waals surface area contributed by atoms with Crippen molar-refractivity contribution in [2.24, 2.45) is 0 Å². The third-order valence-electron chi connectivity index (χ3n) is 4.25. The molecular weight excluding hydrogens is 411 g/mol. The van der Waals surface area contributed by atoms with E-state index >= 15 is 0 Å². The zero-order valence-electron chi connectivity index (χ0n) is 16.2. The molecule has 0 saturated carbocycles. The van der Waals surface area contributed by atoms with Crippen molar-refractivity contribution >= 4 is 23.4 Å². The monoisotopic (exact) mass is 428 g/mol. The molecule has 0 aliphatic heterocycles. The summed E-state index contributed by atoms with van der Waals surface area (Å²) in [6.07, 6.45) is 0. The van der Waals surface area contributed by atoms with Gasteiger partial charge in [-0.1, -0.05) is 29.8 Å². The van der Waals surface area contributed by atoms with Crippen molar-refractivity contribution in [1.29, 1.82) is 0 Å². The summed E-state index contributed by atoms with van der Waals surface area (Å²) in [6.45, 7) is -0.274. The van der Waals surface area contributed by atoms with E-state index in [0.29, 0.717) is 16.3 Å². The van der Waals surface area contributed by atoms with E-state index in [2.05, 4.69) is 10.4 Å². The number of nitrogens with one attached hydrogen (secondary N) is 1. The van der Waals surface area contributed by atoms with Crippen molar-refractivity contribution in [3.63, 3.8) is 0 Å². The van der Waals surface area contributed by atoms with E-state index < -0.39 is 17.3 Å². The lowest BCUT2D eigenvalue weighted by Gasteiger charge is -2.13. The molecule has 30 heavy (non-hydrogen) atoms. The Morgan fingerprint density at radius 1 is 1.13 bits per heavy atom. The van der Waals surface area contributed by atoms with Crippen LogP contribution in [0.15, 0.2) is 59.4 Å². The number of carbonyl (C=O) groups is 2. The van der Waals surface area contributed by atoms with Crippen molar-refractivity contribution in [1.82, 2.24) is 20.0 Å². The topological polar surface area (TPSA) is 84.3 Å². The molecule has 0 atom stereocenters. The van der Waals surface area contributed by atoms with Crippen molar-refractivity contribution < 1.29 is 14.0 Å². The average Bonchev–Trinajstić information content (AvgIpc) is 2.72. The summed E-state index contributed by atoms with van der Waals surface area (Å²) < 4.78 is 14.7. The van der Waals surface area contributed by atoms with Gasteiger partial charge in [-0.05, 0) is 36.4 Å². The fourth-order valence-electron chi connectivity index (χ4n) is 2.61. The molecule has 2 aromatic carbocycles. The summed E-state index contributed by atoms with van der Waals surface area (Å²) in [4.78, 5) is 38.7. The molecule has 0 saturated heterocycles. The lowest BCUT2D eigenvalue weighted by molar-refractivity contribution is -0.127. The molecule has 7 nitrogen and oxygen atoms in total. The van der Waals surface area contributed by atoms with E-state index in [1.165, 1.54) is 29.2 Å². The smallest absolute Gasteiger partial charge is 0.284 e. The predicted molar refractivity (Wildman–Crippen MR) is 111 cm³/mol. The fraction of sp³-hybridized carbons (Fsp3) is 0.143. The first-order valence-electron chi connectivity index (χ1n) is 8.91. The van der Waals surface area contributed by atoms with Gasteiger partial charge in [0.05, 0.1) is 17.9 Å². The van der Waals surface area contributed by atoms with Gasteiger partial charge >= 0.3 is 0 Å². The Balaban J connectivity index is 2.11. The number of hydrogen-bond acceptors (Lipinski definition) is 4. The Morgan fingerprint density at radius 2 is 1.83 bits per heavy atom. The minimum atomic E-state index is -0.742. The lowest BCUT2D eigenvalue weighted by atomic mass is 10.1. The highest BCUT2D eigenvalue weighted by atomic mass is 35.5. The molecule has 0 spiro atoms. The highest BCUT2D eigenvalue weighted by molar-refractivity contribution is 6.30. The number of benzene rings is 2. The number of carbonyl (C=O) groups excluding carboxylic acids is 2. The van der Waals surface area contributed by atoms with Crippen LogP contribution >= 0.6 is 11.6 Å². The highest BCUT2D eigenvalue weighted by Gasteiger charge is 2.18. The molecule has 3 aromatic rings. The van der Waals surface area contributed by atoms with Crippen molar-refractivity contribution in [2.45, 2.75) is 0 Å². The predicted octanol–water partition coefficient (Wildman–Crippen LogP) is 2.51. The van der Waals surface area contributed by atoms with E-state index in [4.69, 9.17) is 11.6 Å². The van der Waals surface area contributed by atoms with Gasteiger partial charge in [-0.25, -0.2) is 4.39 Å². The van der Waals surface area contributed by atoms with Gasteiger partial charge in [0, 0.05) is 24.7 Å². The molecule has 154 valence electrons. The van der Waals surface area contributed by atoms with Gasteiger partial charge in [0.2, 0.25) is 5.91 Å². The third kappa shape index (κ3) is 4.72. The van der Waals surface area contributed by atoms with Crippen LogP contribution in [0.5, 0.6) is 0 Å². The zero-order chi connectivity index (χ0) is 21.8. The molecule has 0 unspecified atom stereocenters. The molecule has 1 aromatic heterocycles. The molecule has 0 aliphatic rings. The van der Waals surface area contributed by atoms with Crippen molar-refractivity contribution in [2.75, 3.05) is 20.6 Å². The number of nitrogens with zero attached hydrogens (tertiary/aromatic N) is 3. The van der Waals surface area contributed by atoms with E-state index in [0.717, 1.165) is 10.7 Å². The quantitative estimate of drug-likeness (QED) is 0.676. The molecule has 0 radical (unpaired) electrons. The SMILES string of the molecule is CN(C)C(=O)CNC(=O)c1cc(-c2ccc(Cl)cc2)nn(-c2cccc(F)c2)c1=O. The summed E-state index contributed by atoms with van der Waals surface area (Å²) in [5.41, 5.74) is 0.0932. The van der Waals surface area contributed by atoms with Gasteiger partial charge in [0.25, 0.3) is 11.5 Å². The number of aromatic nitrogens is 2. The highest BCUT2D eigenvalue weighted by Crippen LogP contribution is 2.20. The van der Waals surface area contributed by atoms with Crippen molar-refractivity contribution in [3.8, 4) is 16.9 Å². The molecule has 0 fully saturated rings. The number of hydrogen-bond donors (Lipinski definition) is 1. The first kappa shape index (κ1) is 21.2. The molecule has 0 bridgehead atoms. The summed E-state index contributed by atoms with van der Waals surface area (Å²) in [6, 6.07) is 13.3. The third-order valence-corrected chi connectivity index (χ3v) is 4.50. The minimum absolute atomic E-state index is 0.161. The molecule has 3 rings (SSSR count).